The van der Waals surface area contributed by atoms with Crippen LogP contribution in [-0.4, -0.2) is 47.7 Å². The summed E-state index contributed by atoms with van der Waals surface area (Å²) >= 11 is 0. The molecule has 0 radical (unpaired) electrons. The maximum Gasteiger partial charge on any atom is 0.194 e. The molecule has 4 nitrogen and oxygen atoms in total. The number of benzene rings is 1. The van der Waals surface area contributed by atoms with E-state index in [1.54, 1.807) is 0 Å². The van der Waals surface area contributed by atoms with E-state index in [2.05, 4.69) is 60.2 Å². The number of likely N-dealkylation sites (tertiary alicyclic amines) is 1. The van der Waals surface area contributed by atoms with Gasteiger partial charge in [-0.2, -0.15) is 0 Å². The van der Waals surface area contributed by atoms with Gasteiger partial charge in [0.1, 0.15) is 0 Å². The predicted molar refractivity (Wildman–Crippen MR) is 110 cm³/mol. The van der Waals surface area contributed by atoms with E-state index in [1.807, 2.05) is 0 Å². The van der Waals surface area contributed by atoms with Crippen LogP contribution >= 0.6 is 24.0 Å². The fourth-order valence-corrected chi connectivity index (χ4v) is 3.34. The van der Waals surface area contributed by atoms with Crippen LogP contribution in [0.4, 0.5) is 0 Å². The molecule has 1 aliphatic carbocycles. The Balaban J connectivity index is 0.00000208. The lowest BCUT2D eigenvalue weighted by Crippen LogP contribution is -2.42. The molecule has 1 heterocycles. The van der Waals surface area contributed by atoms with E-state index in [1.165, 1.54) is 17.5 Å². The van der Waals surface area contributed by atoms with Gasteiger partial charge in [0, 0.05) is 31.6 Å². The number of halogens is 1. The quantitative estimate of drug-likeness (QED) is 0.427. The number of aliphatic hydroxyl groups is 1. The van der Waals surface area contributed by atoms with Crippen molar-refractivity contribution >= 4 is 29.9 Å². The lowest BCUT2D eigenvalue weighted by atomic mass is 10.0. The first-order valence-corrected chi connectivity index (χ1v) is 8.92. The number of rotatable bonds is 4. The highest BCUT2D eigenvalue weighted by Crippen LogP contribution is 2.41. The summed E-state index contributed by atoms with van der Waals surface area (Å²) in [5.74, 6) is 2.14. The molecule has 2 unspecified atom stereocenters. The molecular formula is C19H30IN3O. The van der Waals surface area contributed by atoms with Gasteiger partial charge in [-0.3, -0.25) is 4.99 Å². The fraction of sp³-hybridized carbons (Fsp3) is 0.632. The topological polar surface area (TPSA) is 47.9 Å². The molecule has 1 saturated carbocycles. The summed E-state index contributed by atoms with van der Waals surface area (Å²) in [6.45, 7) is 8.89. The normalized spacial score (nSPS) is 26.5. The fourth-order valence-electron chi connectivity index (χ4n) is 3.34. The van der Waals surface area contributed by atoms with Gasteiger partial charge in [0.2, 0.25) is 0 Å². The van der Waals surface area contributed by atoms with Crippen molar-refractivity contribution in [2.24, 2.45) is 4.99 Å². The van der Waals surface area contributed by atoms with Crippen LogP contribution in [-0.2, 0) is 0 Å². The van der Waals surface area contributed by atoms with Crippen molar-refractivity contribution in [1.82, 2.24) is 10.2 Å². The molecule has 5 heteroatoms. The van der Waals surface area contributed by atoms with Gasteiger partial charge in [-0.25, -0.2) is 0 Å². The average Bonchev–Trinajstić information content (AvgIpc) is 3.17. The maximum absolute atomic E-state index is 9.74. The van der Waals surface area contributed by atoms with Gasteiger partial charge in [0.05, 0.1) is 6.10 Å². The molecule has 2 N–H and O–H groups in total. The Bertz CT molecular complexity index is 558. The minimum absolute atomic E-state index is 0. The second-order valence-electron chi connectivity index (χ2n) is 7.10. The molecule has 134 valence electrons. The third-order valence-corrected chi connectivity index (χ3v) is 4.91. The first-order valence-electron chi connectivity index (χ1n) is 8.92. The van der Waals surface area contributed by atoms with Crippen LogP contribution in [0.1, 0.15) is 56.6 Å². The van der Waals surface area contributed by atoms with E-state index < -0.39 is 0 Å². The van der Waals surface area contributed by atoms with Gasteiger partial charge in [0.25, 0.3) is 0 Å². The monoisotopic (exact) mass is 443 g/mol. The number of hydrogen-bond donors (Lipinski definition) is 2. The minimum atomic E-state index is -0.211. The Morgan fingerprint density at radius 3 is 2.58 bits per heavy atom. The van der Waals surface area contributed by atoms with E-state index in [-0.39, 0.29) is 30.1 Å². The zero-order valence-corrected chi connectivity index (χ0v) is 17.2. The number of β-amino-alcohol motifs (C(OH)–C–C–N with tert-alkyl or cyclic N) is 1. The number of aliphatic imine (C=N–C) groups is 1. The minimum Gasteiger partial charge on any atom is -0.391 e. The molecule has 3 atom stereocenters. The van der Waals surface area contributed by atoms with Crippen LogP contribution in [0.5, 0.6) is 0 Å². The van der Waals surface area contributed by atoms with Crippen LogP contribution in [0.15, 0.2) is 29.3 Å². The summed E-state index contributed by atoms with van der Waals surface area (Å²) < 4.78 is 0. The molecule has 1 saturated heterocycles. The summed E-state index contributed by atoms with van der Waals surface area (Å²) in [5, 5.41) is 13.3. The molecule has 0 spiro atoms. The van der Waals surface area contributed by atoms with Crippen LogP contribution in [0.2, 0.25) is 0 Å². The second kappa shape index (κ2) is 8.52. The molecule has 2 aliphatic rings. The standard InChI is InChI=1S/C19H29N3O.HI/c1-4-20-19(22-10-9-16(23)12-22)21-18-11-17(18)15-7-5-14(6-8-15)13(2)3;/h5-8,13,16-18,23H,4,9-12H2,1-3H3,(H,20,21);1H/t16-,17?,18?;/m1./s1. The van der Waals surface area contributed by atoms with E-state index >= 15 is 0 Å². The predicted octanol–water partition coefficient (Wildman–Crippen LogP) is 3.32. The first kappa shape index (κ1) is 19.5. The summed E-state index contributed by atoms with van der Waals surface area (Å²) in [6.07, 6.45) is 1.80. The van der Waals surface area contributed by atoms with E-state index in [9.17, 15) is 5.11 Å². The Labute approximate surface area is 162 Å². The van der Waals surface area contributed by atoms with Gasteiger partial charge in [-0.15, -0.1) is 24.0 Å². The lowest BCUT2D eigenvalue weighted by Gasteiger charge is -2.21. The van der Waals surface area contributed by atoms with Crippen LogP contribution in [0.25, 0.3) is 0 Å². The molecule has 3 rings (SSSR count). The number of nitrogens with one attached hydrogen (secondary N) is 1. The van der Waals surface area contributed by atoms with Crippen LogP contribution in [0, 0.1) is 0 Å². The Morgan fingerprint density at radius 1 is 1.33 bits per heavy atom. The molecule has 0 bridgehead atoms. The molecular weight excluding hydrogens is 413 g/mol. The van der Waals surface area contributed by atoms with Crippen molar-refractivity contribution in [3.8, 4) is 0 Å². The van der Waals surface area contributed by atoms with Crippen LogP contribution in [0.3, 0.4) is 0 Å². The lowest BCUT2D eigenvalue weighted by molar-refractivity contribution is 0.187. The molecule has 1 aliphatic heterocycles. The summed E-state index contributed by atoms with van der Waals surface area (Å²) in [6, 6.07) is 9.54. The van der Waals surface area contributed by atoms with Gasteiger partial charge in [-0.05, 0) is 36.8 Å². The number of aliphatic hydroxyl groups excluding tert-OH is 1. The van der Waals surface area contributed by atoms with Gasteiger partial charge >= 0.3 is 0 Å². The van der Waals surface area contributed by atoms with Crippen molar-refractivity contribution in [2.75, 3.05) is 19.6 Å². The van der Waals surface area contributed by atoms with E-state index in [0.29, 0.717) is 24.4 Å². The summed E-state index contributed by atoms with van der Waals surface area (Å²) in [5.41, 5.74) is 2.82. The first-order chi connectivity index (χ1) is 11.1. The zero-order chi connectivity index (χ0) is 16.4. The number of nitrogens with zero attached hydrogens (tertiary/aromatic N) is 2. The highest BCUT2D eigenvalue weighted by molar-refractivity contribution is 14.0. The molecule has 0 amide bonds. The Kier molecular flexibility index (Phi) is 6.92. The van der Waals surface area contributed by atoms with Gasteiger partial charge in [-0.1, -0.05) is 38.1 Å². The second-order valence-corrected chi connectivity index (χ2v) is 7.10. The highest BCUT2D eigenvalue weighted by atomic mass is 127. The van der Waals surface area contributed by atoms with E-state index in [0.717, 1.165) is 25.5 Å². The Hall–Kier alpha value is -0.820. The van der Waals surface area contributed by atoms with Crippen molar-refractivity contribution in [3.05, 3.63) is 35.4 Å². The average molecular weight is 443 g/mol. The number of hydrogen-bond acceptors (Lipinski definition) is 2. The molecule has 1 aromatic rings. The Morgan fingerprint density at radius 2 is 2.04 bits per heavy atom. The molecule has 2 fully saturated rings. The third kappa shape index (κ3) is 4.63. The van der Waals surface area contributed by atoms with Crippen LogP contribution < -0.4 is 5.32 Å². The van der Waals surface area contributed by atoms with Crippen molar-refractivity contribution < 1.29 is 5.11 Å². The maximum atomic E-state index is 9.74. The smallest absolute Gasteiger partial charge is 0.194 e. The van der Waals surface area contributed by atoms with Gasteiger partial charge < -0.3 is 15.3 Å². The molecule has 0 aromatic heterocycles. The SMILES string of the molecule is CCN=C(NC1CC1c1ccc(C(C)C)cc1)N1CC[C@@H](O)C1.I. The largest absolute Gasteiger partial charge is 0.391 e. The van der Waals surface area contributed by atoms with Gasteiger partial charge in [0.15, 0.2) is 5.96 Å². The third-order valence-electron chi connectivity index (χ3n) is 4.91. The van der Waals surface area contributed by atoms with Crippen molar-refractivity contribution in [3.63, 3.8) is 0 Å². The highest BCUT2D eigenvalue weighted by Gasteiger charge is 2.40. The number of guanidine groups is 1. The molecule has 1 aromatic carbocycles. The zero-order valence-electron chi connectivity index (χ0n) is 14.9. The van der Waals surface area contributed by atoms with E-state index in [4.69, 9.17) is 0 Å². The summed E-state index contributed by atoms with van der Waals surface area (Å²) in [4.78, 5) is 6.79. The molecule has 24 heavy (non-hydrogen) atoms. The van der Waals surface area contributed by atoms with Crippen molar-refractivity contribution in [1.29, 1.82) is 0 Å². The summed E-state index contributed by atoms with van der Waals surface area (Å²) in [7, 11) is 0. The van der Waals surface area contributed by atoms with Crippen molar-refractivity contribution in [2.45, 2.75) is 57.6 Å².